The summed E-state index contributed by atoms with van der Waals surface area (Å²) in [4.78, 5) is 2.39. The average Bonchev–Trinajstić information content (AvgIpc) is 2.39. The van der Waals surface area contributed by atoms with Gasteiger partial charge in [-0.1, -0.05) is 15.9 Å². The van der Waals surface area contributed by atoms with Crippen LogP contribution in [0, 0.1) is 11.7 Å². The third-order valence-corrected chi connectivity index (χ3v) is 4.76. The lowest BCUT2D eigenvalue weighted by atomic mass is 9.92. The van der Waals surface area contributed by atoms with Crippen molar-refractivity contribution in [3.63, 3.8) is 0 Å². The molecule has 1 aromatic carbocycles. The predicted molar refractivity (Wildman–Crippen MR) is 80.6 cm³/mol. The zero-order valence-corrected chi connectivity index (χ0v) is 13.2. The molecule has 0 amide bonds. The number of likely N-dealkylation sites (tertiary alicyclic amines) is 1. The topological polar surface area (TPSA) is 15.3 Å². The summed E-state index contributed by atoms with van der Waals surface area (Å²) in [5.74, 6) is 0.510. The minimum absolute atomic E-state index is 0.176. The zero-order valence-electron chi connectivity index (χ0n) is 11.6. The van der Waals surface area contributed by atoms with Crippen molar-refractivity contribution in [3.8, 4) is 0 Å². The summed E-state index contributed by atoms with van der Waals surface area (Å²) in [7, 11) is 2.18. The van der Waals surface area contributed by atoms with Gasteiger partial charge in [0.1, 0.15) is 5.82 Å². The van der Waals surface area contributed by atoms with E-state index in [1.54, 1.807) is 12.1 Å². The van der Waals surface area contributed by atoms with E-state index in [0.717, 1.165) is 16.6 Å². The van der Waals surface area contributed by atoms with Crippen molar-refractivity contribution in [2.75, 3.05) is 20.1 Å². The van der Waals surface area contributed by atoms with Crippen molar-refractivity contribution >= 4 is 15.9 Å². The first-order chi connectivity index (χ1) is 9.06. The van der Waals surface area contributed by atoms with Gasteiger partial charge in [0.05, 0.1) is 0 Å². The lowest BCUT2D eigenvalue weighted by Gasteiger charge is -2.34. The molecular formula is C15H22BrFN2. The highest BCUT2D eigenvalue weighted by atomic mass is 79.9. The number of benzene rings is 1. The van der Waals surface area contributed by atoms with E-state index in [1.165, 1.54) is 25.5 Å². The first-order valence-corrected chi connectivity index (χ1v) is 7.71. The molecule has 0 radical (unpaired) electrons. The van der Waals surface area contributed by atoms with Crippen molar-refractivity contribution < 1.29 is 4.39 Å². The molecule has 1 saturated heterocycles. The molecule has 4 heteroatoms. The summed E-state index contributed by atoms with van der Waals surface area (Å²) >= 11 is 3.47. The minimum Gasteiger partial charge on any atom is -0.310 e. The summed E-state index contributed by atoms with van der Waals surface area (Å²) in [6.45, 7) is 5.30. The Hall–Kier alpha value is -0.450. The van der Waals surface area contributed by atoms with Crippen LogP contribution < -0.4 is 5.32 Å². The van der Waals surface area contributed by atoms with Crippen LogP contribution in [0.25, 0.3) is 0 Å². The van der Waals surface area contributed by atoms with Gasteiger partial charge in [-0.05, 0) is 63.0 Å². The normalized spacial score (nSPS) is 22.4. The predicted octanol–water partition coefficient (Wildman–Crippen LogP) is 3.41. The summed E-state index contributed by atoms with van der Waals surface area (Å²) in [6, 6.07) is 5.30. The monoisotopic (exact) mass is 328 g/mol. The highest BCUT2D eigenvalue weighted by molar-refractivity contribution is 9.10. The molecule has 1 N–H and O–H groups in total. The molecule has 2 atom stereocenters. The van der Waals surface area contributed by atoms with Gasteiger partial charge in [0.2, 0.25) is 0 Å². The number of nitrogens with zero attached hydrogens (tertiary/aromatic N) is 1. The summed E-state index contributed by atoms with van der Waals surface area (Å²) < 4.78 is 14.2. The molecule has 2 unspecified atom stereocenters. The largest absolute Gasteiger partial charge is 0.310 e. The second kappa shape index (κ2) is 6.82. The summed E-state index contributed by atoms with van der Waals surface area (Å²) in [5, 5.41) is 3.53. The van der Waals surface area contributed by atoms with Crippen molar-refractivity contribution in [1.82, 2.24) is 10.2 Å². The maximum atomic E-state index is 13.2. The molecule has 0 spiro atoms. The smallest absolute Gasteiger partial charge is 0.123 e. The molecule has 1 aromatic rings. The number of rotatable bonds is 4. The minimum atomic E-state index is -0.176. The van der Waals surface area contributed by atoms with E-state index in [-0.39, 0.29) is 5.82 Å². The van der Waals surface area contributed by atoms with Crippen LogP contribution in [0.5, 0.6) is 0 Å². The lowest BCUT2D eigenvalue weighted by Crippen LogP contribution is -2.42. The lowest BCUT2D eigenvalue weighted by molar-refractivity contribution is 0.178. The van der Waals surface area contributed by atoms with E-state index in [0.29, 0.717) is 18.5 Å². The van der Waals surface area contributed by atoms with E-state index >= 15 is 0 Å². The van der Waals surface area contributed by atoms with Crippen LogP contribution in [-0.2, 0) is 6.54 Å². The summed E-state index contributed by atoms with van der Waals surface area (Å²) in [6.07, 6.45) is 2.56. The molecule has 19 heavy (non-hydrogen) atoms. The molecular weight excluding hydrogens is 307 g/mol. The van der Waals surface area contributed by atoms with Gasteiger partial charge < -0.3 is 10.2 Å². The molecule has 2 rings (SSSR count). The Morgan fingerprint density at radius 2 is 2.32 bits per heavy atom. The van der Waals surface area contributed by atoms with Crippen molar-refractivity contribution in [2.45, 2.75) is 32.4 Å². The molecule has 1 aliphatic rings. The molecule has 0 bridgehead atoms. The highest BCUT2D eigenvalue weighted by Crippen LogP contribution is 2.21. The van der Waals surface area contributed by atoms with E-state index < -0.39 is 0 Å². The van der Waals surface area contributed by atoms with Gasteiger partial charge >= 0.3 is 0 Å². The van der Waals surface area contributed by atoms with Crippen LogP contribution in [-0.4, -0.2) is 31.1 Å². The van der Waals surface area contributed by atoms with Crippen LogP contribution in [0.2, 0.25) is 0 Å². The Morgan fingerprint density at radius 1 is 1.53 bits per heavy atom. The van der Waals surface area contributed by atoms with E-state index in [9.17, 15) is 4.39 Å². The molecule has 1 fully saturated rings. The Morgan fingerprint density at radius 3 is 3.05 bits per heavy atom. The number of nitrogens with one attached hydrogen (secondary N) is 1. The Balaban J connectivity index is 1.89. The first kappa shape index (κ1) is 14.9. The van der Waals surface area contributed by atoms with Gasteiger partial charge in [-0.15, -0.1) is 0 Å². The van der Waals surface area contributed by atoms with E-state index in [1.807, 2.05) is 0 Å². The number of halogens is 2. The number of hydrogen-bond donors (Lipinski definition) is 1. The Bertz CT molecular complexity index is 425. The molecule has 0 aliphatic carbocycles. The summed E-state index contributed by atoms with van der Waals surface area (Å²) in [5.41, 5.74) is 0.982. The van der Waals surface area contributed by atoms with Gasteiger partial charge in [0, 0.05) is 23.6 Å². The standard InChI is InChI=1S/C15H22BrFN2/c1-11(12-4-3-7-19(2)10-12)18-9-13-8-14(17)5-6-15(13)16/h5-6,8,11-12,18H,3-4,7,9-10H2,1-2H3. The molecule has 2 nitrogen and oxygen atoms in total. The second-order valence-electron chi connectivity index (χ2n) is 5.57. The maximum absolute atomic E-state index is 13.2. The van der Waals surface area contributed by atoms with Gasteiger partial charge in [0.25, 0.3) is 0 Å². The van der Waals surface area contributed by atoms with E-state index in [4.69, 9.17) is 0 Å². The average molecular weight is 329 g/mol. The number of piperidine rings is 1. The Labute approximate surface area is 123 Å². The second-order valence-corrected chi connectivity index (χ2v) is 6.42. The van der Waals surface area contributed by atoms with Gasteiger partial charge in [-0.25, -0.2) is 4.39 Å². The van der Waals surface area contributed by atoms with Crippen molar-refractivity contribution in [1.29, 1.82) is 0 Å². The molecule has 1 heterocycles. The fourth-order valence-corrected chi connectivity index (χ4v) is 3.12. The van der Waals surface area contributed by atoms with Gasteiger partial charge in [-0.2, -0.15) is 0 Å². The van der Waals surface area contributed by atoms with Crippen molar-refractivity contribution in [2.24, 2.45) is 5.92 Å². The molecule has 0 aromatic heterocycles. The SMILES string of the molecule is CC(NCc1cc(F)ccc1Br)C1CCCN(C)C1. The third kappa shape index (κ3) is 4.26. The maximum Gasteiger partial charge on any atom is 0.123 e. The van der Waals surface area contributed by atoms with Crippen LogP contribution in [0.4, 0.5) is 4.39 Å². The highest BCUT2D eigenvalue weighted by Gasteiger charge is 2.22. The number of hydrogen-bond acceptors (Lipinski definition) is 2. The first-order valence-electron chi connectivity index (χ1n) is 6.92. The van der Waals surface area contributed by atoms with Crippen LogP contribution in [0.15, 0.2) is 22.7 Å². The fraction of sp³-hybridized carbons (Fsp3) is 0.600. The van der Waals surface area contributed by atoms with Crippen LogP contribution in [0.3, 0.4) is 0 Å². The Kier molecular flexibility index (Phi) is 5.37. The molecule has 1 aliphatic heterocycles. The van der Waals surface area contributed by atoms with Crippen molar-refractivity contribution in [3.05, 3.63) is 34.1 Å². The fourth-order valence-electron chi connectivity index (χ4n) is 2.73. The molecule has 0 saturated carbocycles. The molecule has 106 valence electrons. The van der Waals surface area contributed by atoms with Crippen LogP contribution in [0.1, 0.15) is 25.3 Å². The van der Waals surface area contributed by atoms with Crippen LogP contribution >= 0.6 is 15.9 Å². The zero-order chi connectivity index (χ0) is 13.8. The quantitative estimate of drug-likeness (QED) is 0.911. The third-order valence-electron chi connectivity index (χ3n) is 3.99. The van der Waals surface area contributed by atoms with E-state index in [2.05, 4.69) is 40.1 Å². The van der Waals surface area contributed by atoms with Gasteiger partial charge in [-0.3, -0.25) is 0 Å². The van der Waals surface area contributed by atoms with Gasteiger partial charge in [0.15, 0.2) is 0 Å².